The van der Waals surface area contributed by atoms with Gasteiger partial charge in [0.25, 0.3) is 5.91 Å². The first-order chi connectivity index (χ1) is 12.4. The van der Waals surface area contributed by atoms with E-state index in [4.69, 9.17) is 0 Å². The number of aromatic nitrogens is 5. The molecule has 4 rings (SSSR count). The molecular formula is C18H26N6O2. The molecule has 140 valence electrons. The largest absolute Gasteiger partial charge is 0.383 e. The van der Waals surface area contributed by atoms with Crippen LogP contribution in [0, 0.1) is 12.8 Å². The van der Waals surface area contributed by atoms with Gasteiger partial charge in [-0.1, -0.05) is 11.6 Å². The number of nitrogens with one attached hydrogen (secondary N) is 1. The Morgan fingerprint density at radius 1 is 1.35 bits per heavy atom. The minimum Gasteiger partial charge on any atom is -0.383 e. The first kappa shape index (κ1) is 17.2. The van der Waals surface area contributed by atoms with Crippen LogP contribution in [0.4, 0.5) is 0 Å². The number of carbonyl (C=O) groups excluding carboxylic acids is 1. The highest BCUT2D eigenvalue weighted by atomic mass is 16.3. The van der Waals surface area contributed by atoms with E-state index >= 15 is 0 Å². The molecule has 2 aliphatic carbocycles. The minimum atomic E-state index is -0.780. The van der Waals surface area contributed by atoms with Crippen molar-refractivity contribution >= 4 is 5.91 Å². The van der Waals surface area contributed by atoms with Gasteiger partial charge in [-0.05, 0) is 44.9 Å². The number of hydrogen-bond donors (Lipinski definition) is 2. The van der Waals surface area contributed by atoms with Crippen LogP contribution in [0.25, 0.3) is 0 Å². The molecule has 8 nitrogen and oxygen atoms in total. The zero-order chi connectivity index (χ0) is 18.3. The van der Waals surface area contributed by atoms with Crippen LogP contribution in [0.2, 0.25) is 0 Å². The first-order valence-corrected chi connectivity index (χ1v) is 9.39. The van der Waals surface area contributed by atoms with Gasteiger partial charge in [-0.3, -0.25) is 14.2 Å². The summed E-state index contributed by atoms with van der Waals surface area (Å²) in [6.45, 7) is 2.60. The molecular weight excluding hydrogens is 332 g/mol. The number of aliphatic hydroxyl groups is 1. The molecule has 0 unspecified atom stereocenters. The quantitative estimate of drug-likeness (QED) is 0.839. The summed E-state index contributed by atoms with van der Waals surface area (Å²) in [7, 11) is 1.82. The second-order valence-electron chi connectivity index (χ2n) is 7.82. The van der Waals surface area contributed by atoms with Crippen molar-refractivity contribution < 1.29 is 9.90 Å². The average Bonchev–Trinajstić information content (AvgIpc) is 3.27. The Labute approximate surface area is 152 Å². The first-order valence-electron chi connectivity index (χ1n) is 9.39. The molecule has 2 atom stereocenters. The molecule has 1 amide bonds. The van der Waals surface area contributed by atoms with Crippen LogP contribution >= 0.6 is 0 Å². The van der Waals surface area contributed by atoms with Gasteiger partial charge >= 0.3 is 0 Å². The Kier molecular flexibility index (Phi) is 4.30. The lowest BCUT2D eigenvalue weighted by molar-refractivity contribution is -0.0427. The van der Waals surface area contributed by atoms with E-state index in [9.17, 15) is 9.90 Å². The standard InChI is InChI=1S/C18H26N6O2/c1-12-9-23(2)21-16(12)17(25)19-14-6-3-5-13(14)10-24-11-15(20-22-24)18(26)7-4-8-18/h9,11,13-14,26H,3-8,10H2,1-2H3,(H,19,25)/t13-,14-/m1/s1. The van der Waals surface area contributed by atoms with Crippen LogP contribution in [-0.2, 0) is 19.2 Å². The number of hydrogen-bond acceptors (Lipinski definition) is 5. The van der Waals surface area contributed by atoms with Gasteiger partial charge in [0.2, 0.25) is 0 Å². The molecule has 0 aliphatic heterocycles. The van der Waals surface area contributed by atoms with E-state index in [1.54, 1.807) is 4.68 Å². The van der Waals surface area contributed by atoms with Crippen LogP contribution < -0.4 is 5.32 Å². The number of aryl methyl sites for hydroxylation is 2. The molecule has 0 radical (unpaired) electrons. The maximum absolute atomic E-state index is 12.6. The predicted molar refractivity (Wildman–Crippen MR) is 94.3 cm³/mol. The second kappa shape index (κ2) is 6.50. The molecule has 2 heterocycles. The Balaban J connectivity index is 1.40. The summed E-state index contributed by atoms with van der Waals surface area (Å²) in [5.74, 6) is 0.205. The number of rotatable bonds is 5. The lowest BCUT2D eigenvalue weighted by Gasteiger charge is -2.34. The maximum Gasteiger partial charge on any atom is 0.272 e. The van der Waals surface area contributed by atoms with Crippen LogP contribution in [0.1, 0.15) is 60.3 Å². The third-order valence-corrected chi connectivity index (χ3v) is 5.82. The fourth-order valence-corrected chi connectivity index (χ4v) is 4.12. The third kappa shape index (κ3) is 3.13. The molecule has 2 aliphatic rings. The smallest absolute Gasteiger partial charge is 0.272 e. The summed E-state index contributed by atoms with van der Waals surface area (Å²) >= 11 is 0. The maximum atomic E-state index is 12.6. The van der Waals surface area contributed by atoms with Gasteiger partial charge in [-0.15, -0.1) is 5.10 Å². The number of nitrogens with zero attached hydrogens (tertiary/aromatic N) is 5. The summed E-state index contributed by atoms with van der Waals surface area (Å²) < 4.78 is 3.48. The summed E-state index contributed by atoms with van der Waals surface area (Å²) in [4.78, 5) is 12.6. The SMILES string of the molecule is Cc1cn(C)nc1C(=O)N[C@@H]1CCC[C@@H]1Cn1cc(C2(O)CCC2)nn1. The molecule has 8 heteroatoms. The van der Waals surface area contributed by atoms with Crippen molar-refractivity contribution in [1.82, 2.24) is 30.1 Å². The van der Waals surface area contributed by atoms with Crippen molar-refractivity contribution in [3.05, 3.63) is 29.3 Å². The highest BCUT2D eigenvalue weighted by Crippen LogP contribution is 2.39. The predicted octanol–water partition coefficient (Wildman–Crippen LogP) is 1.29. The molecule has 0 saturated heterocycles. The van der Waals surface area contributed by atoms with Crippen LogP contribution in [0.5, 0.6) is 0 Å². The molecule has 2 fully saturated rings. The van der Waals surface area contributed by atoms with Crippen molar-refractivity contribution in [3.8, 4) is 0 Å². The summed E-state index contributed by atoms with van der Waals surface area (Å²) in [6.07, 6.45) is 9.37. The van der Waals surface area contributed by atoms with Gasteiger partial charge in [-0.25, -0.2) is 0 Å². The van der Waals surface area contributed by atoms with E-state index in [0.29, 0.717) is 23.9 Å². The Bertz CT molecular complexity index is 806. The van der Waals surface area contributed by atoms with Gasteiger partial charge in [0.1, 0.15) is 11.3 Å². The van der Waals surface area contributed by atoms with Crippen molar-refractivity contribution in [3.63, 3.8) is 0 Å². The van der Waals surface area contributed by atoms with Crippen molar-refractivity contribution in [2.24, 2.45) is 13.0 Å². The Morgan fingerprint density at radius 2 is 2.15 bits per heavy atom. The molecule has 0 spiro atoms. The fraction of sp³-hybridized carbons (Fsp3) is 0.667. The van der Waals surface area contributed by atoms with Crippen molar-refractivity contribution in [2.75, 3.05) is 0 Å². The lowest BCUT2D eigenvalue weighted by atomic mass is 9.78. The Hall–Kier alpha value is -2.22. The van der Waals surface area contributed by atoms with Gasteiger partial charge in [0.05, 0.1) is 6.20 Å². The fourth-order valence-electron chi connectivity index (χ4n) is 4.12. The minimum absolute atomic E-state index is 0.108. The molecule has 0 aromatic carbocycles. The zero-order valence-electron chi connectivity index (χ0n) is 15.4. The van der Waals surface area contributed by atoms with E-state index in [-0.39, 0.29) is 11.9 Å². The zero-order valence-corrected chi connectivity index (χ0v) is 15.4. The van der Waals surface area contributed by atoms with Gasteiger partial charge < -0.3 is 10.4 Å². The molecule has 2 saturated carbocycles. The van der Waals surface area contributed by atoms with E-state index in [2.05, 4.69) is 20.7 Å². The third-order valence-electron chi connectivity index (χ3n) is 5.82. The molecule has 0 bridgehead atoms. The monoisotopic (exact) mass is 358 g/mol. The topological polar surface area (TPSA) is 97.9 Å². The lowest BCUT2D eigenvalue weighted by Crippen LogP contribution is -2.39. The molecule has 2 aromatic heterocycles. The van der Waals surface area contributed by atoms with Crippen molar-refractivity contribution in [2.45, 2.75) is 63.6 Å². The second-order valence-corrected chi connectivity index (χ2v) is 7.82. The van der Waals surface area contributed by atoms with E-state index in [1.807, 2.05) is 31.0 Å². The number of carbonyl (C=O) groups is 1. The molecule has 2 N–H and O–H groups in total. The van der Waals surface area contributed by atoms with E-state index in [1.165, 1.54) is 0 Å². The molecule has 26 heavy (non-hydrogen) atoms. The van der Waals surface area contributed by atoms with E-state index < -0.39 is 5.60 Å². The molecule has 2 aromatic rings. The van der Waals surface area contributed by atoms with Crippen LogP contribution in [0.3, 0.4) is 0 Å². The Morgan fingerprint density at radius 3 is 2.81 bits per heavy atom. The van der Waals surface area contributed by atoms with Crippen LogP contribution in [0.15, 0.2) is 12.4 Å². The summed E-state index contributed by atoms with van der Waals surface area (Å²) in [6, 6.07) is 0.114. The van der Waals surface area contributed by atoms with Crippen molar-refractivity contribution in [1.29, 1.82) is 0 Å². The summed E-state index contributed by atoms with van der Waals surface area (Å²) in [5.41, 5.74) is 1.27. The van der Waals surface area contributed by atoms with Gasteiger partial charge in [0, 0.05) is 31.4 Å². The highest BCUT2D eigenvalue weighted by molar-refractivity contribution is 5.93. The highest BCUT2D eigenvalue weighted by Gasteiger charge is 2.39. The summed E-state index contributed by atoms with van der Waals surface area (Å²) in [5, 5.41) is 26.2. The van der Waals surface area contributed by atoms with Crippen LogP contribution in [-0.4, -0.2) is 41.8 Å². The number of amides is 1. The average molecular weight is 358 g/mol. The van der Waals surface area contributed by atoms with E-state index in [0.717, 1.165) is 44.1 Å². The van der Waals surface area contributed by atoms with Gasteiger partial charge in [-0.2, -0.15) is 5.10 Å². The van der Waals surface area contributed by atoms with Gasteiger partial charge in [0.15, 0.2) is 5.69 Å². The normalized spacial score (nSPS) is 24.4.